The molecule has 0 spiro atoms. The molecular weight excluding hydrogens is 316 g/mol. The van der Waals surface area contributed by atoms with Crippen LogP contribution in [0.4, 0.5) is 5.95 Å². The molecule has 2 heterocycles. The zero-order chi connectivity index (χ0) is 17.8. The van der Waals surface area contributed by atoms with E-state index in [1.165, 1.54) is 5.56 Å². The van der Waals surface area contributed by atoms with Crippen molar-refractivity contribution in [2.24, 2.45) is 7.05 Å². The molecule has 0 saturated carbocycles. The maximum atomic E-state index is 12.1. The minimum absolute atomic E-state index is 0.0628. The molecule has 1 aliphatic heterocycles. The van der Waals surface area contributed by atoms with Crippen molar-refractivity contribution in [2.45, 2.75) is 32.6 Å². The monoisotopic (exact) mass is 340 g/mol. The number of aryl methyl sites for hydroxylation is 1. The molecule has 0 aliphatic carbocycles. The highest BCUT2D eigenvalue weighted by Crippen LogP contribution is 2.22. The summed E-state index contributed by atoms with van der Waals surface area (Å²) in [7, 11) is 1.87. The second-order valence-electron chi connectivity index (χ2n) is 6.53. The standard InChI is InChI=1S/C19H24N4O2/c1-14-5-7-15(8-6-14)16-13-20-19(22(16)2)21-17(24)9-10-18(25)23-11-3-4-12-23/h5-8,13H,3-4,9-12H2,1-2H3,(H,20,21,24). The molecule has 132 valence electrons. The van der Waals surface area contributed by atoms with Crippen molar-refractivity contribution in [1.82, 2.24) is 14.5 Å². The van der Waals surface area contributed by atoms with E-state index in [0.717, 1.165) is 37.2 Å². The molecule has 0 atom stereocenters. The fraction of sp³-hybridized carbons (Fsp3) is 0.421. The molecule has 1 aliphatic rings. The molecule has 1 aromatic carbocycles. The van der Waals surface area contributed by atoms with Crippen LogP contribution in [0.3, 0.4) is 0 Å². The van der Waals surface area contributed by atoms with E-state index >= 15 is 0 Å². The summed E-state index contributed by atoms with van der Waals surface area (Å²) in [5.41, 5.74) is 3.18. The molecule has 6 heteroatoms. The molecule has 25 heavy (non-hydrogen) atoms. The Bertz CT molecular complexity index is 758. The number of imidazole rings is 1. The van der Waals surface area contributed by atoms with E-state index in [4.69, 9.17) is 0 Å². The summed E-state index contributed by atoms with van der Waals surface area (Å²) < 4.78 is 1.85. The number of nitrogens with zero attached hydrogens (tertiary/aromatic N) is 3. The predicted molar refractivity (Wildman–Crippen MR) is 97.1 cm³/mol. The van der Waals surface area contributed by atoms with Crippen LogP contribution in [0.2, 0.25) is 0 Å². The Morgan fingerprint density at radius 2 is 1.80 bits per heavy atom. The molecule has 0 bridgehead atoms. The van der Waals surface area contributed by atoms with E-state index in [9.17, 15) is 9.59 Å². The van der Waals surface area contributed by atoms with Gasteiger partial charge in [-0.15, -0.1) is 0 Å². The van der Waals surface area contributed by atoms with Gasteiger partial charge in [0.25, 0.3) is 0 Å². The number of carbonyl (C=O) groups is 2. The summed E-state index contributed by atoms with van der Waals surface area (Å²) in [5, 5.41) is 2.80. The molecule has 1 saturated heterocycles. The molecular formula is C19H24N4O2. The van der Waals surface area contributed by atoms with E-state index in [1.54, 1.807) is 6.20 Å². The van der Waals surface area contributed by atoms with Crippen LogP contribution in [0.5, 0.6) is 0 Å². The SMILES string of the molecule is Cc1ccc(-c2cnc(NC(=O)CCC(=O)N3CCCC3)n2C)cc1. The van der Waals surface area contributed by atoms with Gasteiger partial charge in [-0.3, -0.25) is 14.9 Å². The van der Waals surface area contributed by atoms with Gasteiger partial charge in [-0.1, -0.05) is 29.8 Å². The third kappa shape index (κ3) is 4.07. The smallest absolute Gasteiger partial charge is 0.227 e. The Hall–Kier alpha value is -2.63. The number of carbonyl (C=O) groups excluding carboxylic acids is 2. The number of likely N-dealkylation sites (tertiary alicyclic amines) is 1. The lowest BCUT2D eigenvalue weighted by molar-refractivity contribution is -0.131. The number of rotatable bonds is 5. The van der Waals surface area contributed by atoms with Gasteiger partial charge in [-0.25, -0.2) is 4.98 Å². The molecule has 3 rings (SSSR count). The molecule has 0 unspecified atom stereocenters. The average Bonchev–Trinajstić information content (AvgIpc) is 3.25. The van der Waals surface area contributed by atoms with Gasteiger partial charge in [-0.05, 0) is 25.3 Å². The molecule has 1 aromatic heterocycles. The first kappa shape index (κ1) is 17.2. The summed E-state index contributed by atoms with van der Waals surface area (Å²) >= 11 is 0. The summed E-state index contributed by atoms with van der Waals surface area (Å²) in [5.74, 6) is 0.374. The molecule has 6 nitrogen and oxygen atoms in total. The largest absolute Gasteiger partial charge is 0.343 e. The van der Waals surface area contributed by atoms with Crippen LogP contribution in [0.15, 0.2) is 30.5 Å². The highest BCUT2D eigenvalue weighted by atomic mass is 16.2. The van der Waals surface area contributed by atoms with Crippen LogP contribution in [0, 0.1) is 6.92 Å². The topological polar surface area (TPSA) is 67.2 Å². The van der Waals surface area contributed by atoms with Crippen molar-refractivity contribution in [3.05, 3.63) is 36.0 Å². The first-order valence-corrected chi connectivity index (χ1v) is 8.71. The predicted octanol–water partition coefficient (Wildman–Crippen LogP) is 2.74. The normalized spacial score (nSPS) is 13.9. The number of hydrogen-bond donors (Lipinski definition) is 1. The van der Waals surface area contributed by atoms with Gasteiger partial charge in [0.2, 0.25) is 17.8 Å². The molecule has 0 radical (unpaired) electrons. The Morgan fingerprint density at radius 3 is 2.48 bits per heavy atom. The zero-order valence-electron chi connectivity index (χ0n) is 14.8. The second-order valence-corrected chi connectivity index (χ2v) is 6.53. The van der Waals surface area contributed by atoms with Crippen molar-refractivity contribution in [3.63, 3.8) is 0 Å². The number of aromatic nitrogens is 2. The summed E-state index contributed by atoms with van der Waals surface area (Å²) in [6.45, 7) is 3.68. The Morgan fingerprint density at radius 1 is 1.12 bits per heavy atom. The van der Waals surface area contributed by atoms with Crippen LogP contribution < -0.4 is 5.32 Å². The Labute approximate surface area is 147 Å². The van der Waals surface area contributed by atoms with Crippen molar-refractivity contribution >= 4 is 17.8 Å². The molecule has 2 aromatic rings. The van der Waals surface area contributed by atoms with Crippen LogP contribution in [0.1, 0.15) is 31.2 Å². The van der Waals surface area contributed by atoms with Crippen LogP contribution in [0.25, 0.3) is 11.3 Å². The maximum Gasteiger partial charge on any atom is 0.227 e. The average molecular weight is 340 g/mol. The third-order valence-electron chi connectivity index (χ3n) is 4.61. The third-order valence-corrected chi connectivity index (χ3v) is 4.61. The first-order chi connectivity index (χ1) is 12.0. The summed E-state index contributed by atoms with van der Waals surface area (Å²) in [6.07, 6.45) is 4.30. The van der Waals surface area contributed by atoms with Gasteiger partial charge in [0, 0.05) is 33.0 Å². The number of anilines is 1. The van der Waals surface area contributed by atoms with E-state index in [1.807, 2.05) is 47.7 Å². The van der Waals surface area contributed by atoms with E-state index in [0.29, 0.717) is 5.95 Å². The van der Waals surface area contributed by atoms with Gasteiger partial charge >= 0.3 is 0 Å². The van der Waals surface area contributed by atoms with Crippen LogP contribution in [-0.2, 0) is 16.6 Å². The van der Waals surface area contributed by atoms with E-state index < -0.39 is 0 Å². The zero-order valence-corrected chi connectivity index (χ0v) is 14.8. The minimum atomic E-state index is -0.184. The fourth-order valence-electron chi connectivity index (χ4n) is 3.05. The lowest BCUT2D eigenvalue weighted by Crippen LogP contribution is -2.28. The minimum Gasteiger partial charge on any atom is -0.343 e. The molecule has 2 amide bonds. The van der Waals surface area contributed by atoms with Crippen molar-refractivity contribution in [3.8, 4) is 11.3 Å². The summed E-state index contributed by atoms with van der Waals surface area (Å²) in [6, 6.07) is 8.16. The van der Waals surface area contributed by atoms with Crippen molar-refractivity contribution in [2.75, 3.05) is 18.4 Å². The van der Waals surface area contributed by atoms with Gasteiger partial charge in [0.15, 0.2) is 0 Å². The number of amides is 2. The Kier molecular flexibility index (Phi) is 5.16. The van der Waals surface area contributed by atoms with Crippen LogP contribution >= 0.6 is 0 Å². The summed E-state index contributed by atoms with van der Waals surface area (Å²) in [4.78, 5) is 30.3. The van der Waals surface area contributed by atoms with Gasteiger partial charge in [0.1, 0.15) is 0 Å². The quantitative estimate of drug-likeness (QED) is 0.910. The van der Waals surface area contributed by atoms with Crippen LogP contribution in [-0.4, -0.2) is 39.4 Å². The van der Waals surface area contributed by atoms with Crippen molar-refractivity contribution < 1.29 is 9.59 Å². The van der Waals surface area contributed by atoms with Gasteiger partial charge in [-0.2, -0.15) is 0 Å². The lowest BCUT2D eigenvalue weighted by atomic mass is 10.1. The molecule has 1 N–H and O–H groups in total. The number of hydrogen-bond acceptors (Lipinski definition) is 3. The number of benzene rings is 1. The van der Waals surface area contributed by atoms with E-state index in [-0.39, 0.29) is 24.7 Å². The Balaban J connectivity index is 1.58. The van der Waals surface area contributed by atoms with E-state index in [2.05, 4.69) is 10.3 Å². The van der Waals surface area contributed by atoms with Gasteiger partial charge < -0.3 is 9.47 Å². The fourth-order valence-corrected chi connectivity index (χ4v) is 3.05. The highest BCUT2D eigenvalue weighted by molar-refractivity contribution is 5.92. The van der Waals surface area contributed by atoms with Crippen molar-refractivity contribution in [1.29, 1.82) is 0 Å². The first-order valence-electron chi connectivity index (χ1n) is 8.71. The van der Waals surface area contributed by atoms with Gasteiger partial charge in [0.05, 0.1) is 11.9 Å². The number of nitrogens with one attached hydrogen (secondary N) is 1. The highest BCUT2D eigenvalue weighted by Gasteiger charge is 2.19. The lowest BCUT2D eigenvalue weighted by Gasteiger charge is -2.14. The molecule has 1 fully saturated rings. The second kappa shape index (κ2) is 7.51. The maximum absolute atomic E-state index is 12.1.